The summed E-state index contributed by atoms with van der Waals surface area (Å²) >= 11 is 0. The van der Waals surface area contributed by atoms with Gasteiger partial charge in [0, 0.05) is 5.69 Å². The summed E-state index contributed by atoms with van der Waals surface area (Å²) in [5.74, 6) is -0.604. The fraction of sp³-hybridized carbons (Fsp3) is 0.600. The number of carboxylic acid groups (broad SMARTS) is 1. The van der Waals surface area contributed by atoms with E-state index >= 15 is 0 Å². The molecular weight excluding hydrogens is 242 g/mol. The van der Waals surface area contributed by atoms with Gasteiger partial charge < -0.3 is 9.84 Å². The molecule has 0 aromatic carbocycles. The molecule has 0 atom stereocenters. The van der Waals surface area contributed by atoms with Crippen LogP contribution in [0.5, 0.6) is 5.88 Å². The average molecular weight is 261 g/mol. The van der Waals surface area contributed by atoms with E-state index in [2.05, 4.69) is 4.98 Å². The maximum atomic E-state index is 11.3. The van der Waals surface area contributed by atoms with E-state index in [-0.39, 0.29) is 11.7 Å². The Hall–Kier alpha value is -1.58. The summed E-state index contributed by atoms with van der Waals surface area (Å²) in [4.78, 5) is 15.8. The Morgan fingerprint density at radius 1 is 1.21 bits per heavy atom. The van der Waals surface area contributed by atoms with Gasteiger partial charge in [0.15, 0.2) is 0 Å². The summed E-state index contributed by atoms with van der Waals surface area (Å²) in [6, 6.07) is 1.76. The number of carboxylic acids is 1. The summed E-state index contributed by atoms with van der Waals surface area (Å²) in [6.45, 7) is 0. The van der Waals surface area contributed by atoms with Crippen molar-refractivity contribution in [1.29, 1.82) is 0 Å². The lowest BCUT2D eigenvalue weighted by atomic mass is 9.98. The van der Waals surface area contributed by atoms with Gasteiger partial charge in [-0.1, -0.05) is 6.42 Å². The van der Waals surface area contributed by atoms with E-state index in [1.165, 1.54) is 6.42 Å². The Balaban J connectivity index is 1.87. The molecule has 0 amide bonds. The number of aromatic nitrogens is 1. The molecule has 0 saturated heterocycles. The molecule has 0 spiro atoms. The van der Waals surface area contributed by atoms with Crippen molar-refractivity contribution in [2.75, 3.05) is 0 Å². The van der Waals surface area contributed by atoms with E-state index in [4.69, 9.17) is 4.74 Å². The fourth-order valence-corrected chi connectivity index (χ4v) is 3.04. The predicted molar refractivity (Wildman–Crippen MR) is 70.7 cm³/mol. The SMILES string of the molecule is O=C(O)c1cc2c(nc1OC1CCCCC1)CCC2. The van der Waals surface area contributed by atoms with E-state index in [0.717, 1.165) is 56.2 Å². The van der Waals surface area contributed by atoms with Gasteiger partial charge in [0.1, 0.15) is 11.7 Å². The van der Waals surface area contributed by atoms with Crippen LogP contribution in [-0.4, -0.2) is 22.2 Å². The van der Waals surface area contributed by atoms with E-state index in [1.807, 2.05) is 0 Å². The highest BCUT2D eigenvalue weighted by Crippen LogP contribution is 2.29. The smallest absolute Gasteiger partial charge is 0.341 e. The van der Waals surface area contributed by atoms with Crippen molar-refractivity contribution in [3.05, 3.63) is 22.9 Å². The normalized spacial score (nSPS) is 19.2. The number of aryl methyl sites for hydroxylation is 2. The number of nitrogens with zero attached hydrogens (tertiary/aromatic N) is 1. The molecule has 4 nitrogen and oxygen atoms in total. The largest absolute Gasteiger partial charge is 0.477 e. The van der Waals surface area contributed by atoms with Gasteiger partial charge in [-0.3, -0.25) is 0 Å². The lowest BCUT2D eigenvalue weighted by molar-refractivity contribution is 0.0683. The summed E-state index contributed by atoms with van der Waals surface area (Å²) in [6.07, 6.45) is 8.69. The number of carbonyl (C=O) groups is 1. The molecule has 1 heterocycles. The Bertz CT molecular complexity index is 492. The molecule has 1 saturated carbocycles. The first kappa shape index (κ1) is 12.5. The second-order valence-corrected chi connectivity index (χ2v) is 5.48. The molecule has 2 aliphatic carbocycles. The quantitative estimate of drug-likeness (QED) is 0.908. The maximum Gasteiger partial charge on any atom is 0.341 e. The van der Waals surface area contributed by atoms with Crippen LogP contribution < -0.4 is 4.74 Å². The molecule has 1 aromatic rings. The molecule has 19 heavy (non-hydrogen) atoms. The fourth-order valence-electron chi connectivity index (χ4n) is 3.04. The molecule has 1 fully saturated rings. The van der Waals surface area contributed by atoms with Crippen molar-refractivity contribution in [3.8, 4) is 5.88 Å². The van der Waals surface area contributed by atoms with E-state index in [0.29, 0.717) is 5.88 Å². The number of hydrogen-bond acceptors (Lipinski definition) is 3. The van der Waals surface area contributed by atoms with E-state index in [9.17, 15) is 9.90 Å². The van der Waals surface area contributed by atoms with Gasteiger partial charge in [0.05, 0.1) is 0 Å². The lowest BCUT2D eigenvalue weighted by Crippen LogP contribution is -2.22. The highest BCUT2D eigenvalue weighted by atomic mass is 16.5. The summed E-state index contributed by atoms with van der Waals surface area (Å²) < 4.78 is 5.88. The van der Waals surface area contributed by atoms with Gasteiger partial charge in [-0.25, -0.2) is 9.78 Å². The molecule has 2 aliphatic rings. The molecular formula is C15H19NO3. The van der Waals surface area contributed by atoms with Crippen molar-refractivity contribution in [2.24, 2.45) is 0 Å². The van der Waals surface area contributed by atoms with Gasteiger partial charge >= 0.3 is 5.97 Å². The summed E-state index contributed by atoms with van der Waals surface area (Å²) in [5, 5.41) is 9.31. The van der Waals surface area contributed by atoms with Crippen molar-refractivity contribution in [1.82, 2.24) is 4.98 Å². The van der Waals surface area contributed by atoms with Crippen molar-refractivity contribution in [3.63, 3.8) is 0 Å². The Labute approximate surface area is 112 Å². The van der Waals surface area contributed by atoms with Crippen LogP contribution >= 0.6 is 0 Å². The van der Waals surface area contributed by atoms with Gasteiger partial charge in [-0.2, -0.15) is 0 Å². The molecule has 0 bridgehead atoms. The maximum absolute atomic E-state index is 11.3. The number of fused-ring (bicyclic) bond motifs is 1. The molecule has 0 unspecified atom stereocenters. The van der Waals surface area contributed by atoms with Crippen molar-refractivity contribution in [2.45, 2.75) is 57.5 Å². The zero-order valence-electron chi connectivity index (χ0n) is 11.0. The van der Waals surface area contributed by atoms with E-state index < -0.39 is 5.97 Å². The molecule has 3 rings (SSSR count). The molecule has 1 N–H and O–H groups in total. The Morgan fingerprint density at radius 3 is 2.74 bits per heavy atom. The van der Waals surface area contributed by atoms with Crippen LogP contribution in [0.4, 0.5) is 0 Å². The topological polar surface area (TPSA) is 59.4 Å². The van der Waals surface area contributed by atoms with Gasteiger partial charge in [-0.05, 0) is 56.6 Å². The van der Waals surface area contributed by atoms with Crippen molar-refractivity contribution >= 4 is 5.97 Å². The van der Waals surface area contributed by atoms with Gasteiger partial charge in [0.2, 0.25) is 5.88 Å². The zero-order valence-corrected chi connectivity index (χ0v) is 11.0. The van der Waals surface area contributed by atoms with Crippen LogP contribution in [0.3, 0.4) is 0 Å². The Kier molecular flexibility index (Phi) is 3.40. The third kappa shape index (κ3) is 2.57. The minimum Gasteiger partial charge on any atom is -0.477 e. The molecule has 0 aliphatic heterocycles. The first-order valence-electron chi connectivity index (χ1n) is 7.17. The summed E-state index contributed by atoms with van der Waals surface area (Å²) in [5.41, 5.74) is 2.33. The monoisotopic (exact) mass is 261 g/mol. The zero-order chi connectivity index (χ0) is 13.2. The summed E-state index contributed by atoms with van der Waals surface area (Å²) in [7, 11) is 0. The predicted octanol–water partition coefficient (Wildman–Crippen LogP) is 2.98. The molecule has 4 heteroatoms. The average Bonchev–Trinajstić information content (AvgIpc) is 2.86. The first-order chi connectivity index (χ1) is 9.24. The van der Waals surface area contributed by atoms with Crippen LogP contribution in [-0.2, 0) is 12.8 Å². The van der Waals surface area contributed by atoms with Crippen LogP contribution in [0.25, 0.3) is 0 Å². The van der Waals surface area contributed by atoms with Gasteiger partial charge in [-0.15, -0.1) is 0 Å². The third-order valence-electron chi connectivity index (χ3n) is 4.08. The second kappa shape index (κ2) is 5.19. The minimum absolute atomic E-state index is 0.138. The molecule has 102 valence electrons. The first-order valence-corrected chi connectivity index (χ1v) is 7.17. The molecule has 0 radical (unpaired) electrons. The van der Waals surface area contributed by atoms with Gasteiger partial charge in [0.25, 0.3) is 0 Å². The van der Waals surface area contributed by atoms with E-state index in [1.54, 1.807) is 6.07 Å². The standard InChI is InChI=1S/C15H19NO3/c17-15(18)12-9-10-5-4-8-13(10)16-14(12)19-11-6-2-1-3-7-11/h9,11H,1-8H2,(H,17,18). The number of rotatable bonds is 3. The minimum atomic E-state index is -0.937. The van der Waals surface area contributed by atoms with Crippen LogP contribution in [0.2, 0.25) is 0 Å². The lowest BCUT2D eigenvalue weighted by Gasteiger charge is -2.23. The highest BCUT2D eigenvalue weighted by molar-refractivity contribution is 5.90. The number of ether oxygens (including phenoxy) is 1. The Morgan fingerprint density at radius 2 is 2.00 bits per heavy atom. The molecule has 1 aromatic heterocycles. The second-order valence-electron chi connectivity index (χ2n) is 5.48. The van der Waals surface area contributed by atoms with Crippen LogP contribution in [0.15, 0.2) is 6.07 Å². The number of hydrogen-bond donors (Lipinski definition) is 1. The van der Waals surface area contributed by atoms with Crippen LogP contribution in [0, 0.1) is 0 Å². The number of aromatic carboxylic acids is 1. The van der Waals surface area contributed by atoms with Crippen LogP contribution in [0.1, 0.15) is 60.1 Å². The number of pyridine rings is 1. The highest BCUT2D eigenvalue weighted by Gasteiger charge is 2.23. The third-order valence-corrected chi connectivity index (χ3v) is 4.08. The van der Waals surface area contributed by atoms with Crippen molar-refractivity contribution < 1.29 is 14.6 Å².